The normalized spacial score (nSPS) is 9.83. The third-order valence-corrected chi connectivity index (χ3v) is 2.88. The summed E-state index contributed by atoms with van der Waals surface area (Å²) in [6, 6.07) is 0. The molecule has 0 spiro atoms. The average Bonchev–Trinajstić information content (AvgIpc) is 2.61. The Bertz CT molecular complexity index is 487. The Morgan fingerprint density at radius 1 is 0.875 bits per heavy atom. The van der Waals surface area contributed by atoms with Gasteiger partial charge in [0.05, 0.1) is 12.0 Å². The molecule has 0 fully saturated rings. The summed E-state index contributed by atoms with van der Waals surface area (Å²) in [6.07, 6.45) is 4.37. The minimum absolute atomic E-state index is 0.00637. The van der Waals surface area contributed by atoms with Crippen molar-refractivity contribution in [2.24, 2.45) is 10.4 Å². The van der Waals surface area contributed by atoms with Crippen LogP contribution in [0.15, 0.2) is 43.0 Å². The molecule has 0 saturated carbocycles. The fourth-order valence-corrected chi connectivity index (χ4v) is 1.53. The molecule has 0 aromatic rings. The lowest BCUT2D eigenvalue weighted by Crippen LogP contribution is -2.40. The van der Waals surface area contributed by atoms with Gasteiger partial charge in [-0.25, -0.2) is 24.2 Å². The standard InChI is InChI=1S/C16H19NO7/c1-4-13(19)22-9-16(7-8-17-12-18,10-23-14(20)5-2)11-24-15(21)6-3/h4-6H,1-3,7-11H2. The van der Waals surface area contributed by atoms with Crippen LogP contribution in [0.25, 0.3) is 0 Å². The molecule has 130 valence electrons. The summed E-state index contributed by atoms with van der Waals surface area (Å²) >= 11 is 0. The fraction of sp³-hybridized carbons (Fsp3) is 0.375. The lowest BCUT2D eigenvalue weighted by atomic mass is 9.87. The Labute approximate surface area is 139 Å². The number of ether oxygens (including phenoxy) is 3. The van der Waals surface area contributed by atoms with E-state index in [1.54, 1.807) is 0 Å². The second kappa shape index (κ2) is 11.6. The van der Waals surface area contributed by atoms with E-state index in [9.17, 15) is 19.2 Å². The third kappa shape index (κ3) is 8.45. The monoisotopic (exact) mass is 337 g/mol. The number of carbonyl (C=O) groups excluding carboxylic acids is 4. The molecule has 24 heavy (non-hydrogen) atoms. The first kappa shape index (κ1) is 21.0. The van der Waals surface area contributed by atoms with Crippen molar-refractivity contribution in [1.82, 2.24) is 0 Å². The molecule has 0 aromatic carbocycles. The Hall–Kier alpha value is -2.99. The predicted molar refractivity (Wildman–Crippen MR) is 83.5 cm³/mol. The molecule has 0 aliphatic rings. The zero-order chi connectivity index (χ0) is 18.4. The van der Waals surface area contributed by atoms with E-state index in [1.165, 1.54) is 6.08 Å². The number of esters is 3. The van der Waals surface area contributed by atoms with Crippen molar-refractivity contribution >= 4 is 24.0 Å². The van der Waals surface area contributed by atoms with E-state index < -0.39 is 23.3 Å². The van der Waals surface area contributed by atoms with Gasteiger partial charge in [-0.1, -0.05) is 19.7 Å². The van der Waals surface area contributed by atoms with Crippen molar-refractivity contribution < 1.29 is 33.4 Å². The van der Waals surface area contributed by atoms with Gasteiger partial charge < -0.3 is 14.2 Å². The lowest BCUT2D eigenvalue weighted by molar-refractivity contribution is -0.156. The summed E-state index contributed by atoms with van der Waals surface area (Å²) in [4.78, 5) is 47.6. The molecule has 0 aliphatic carbocycles. The Balaban J connectivity index is 5.27. The summed E-state index contributed by atoms with van der Waals surface area (Å²) < 4.78 is 15.0. The van der Waals surface area contributed by atoms with Crippen molar-refractivity contribution in [2.75, 3.05) is 26.4 Å². The maximum absolute atomic E-state index is 11.3. The molecule has 0 saturated heterocycles. The Morgan fingerprint density at radius 3 is 1.54 bits per heavy atom. The maximum Gasteiger partial charge on any atom is 0.330 e. The van der Waals surface area contributed by atoms with Crippen LogP contribution in [0.1, 0.15) is 6.42 Å². The van der Waals surface area contributed by atoms with Gasteiger partial charge in [-0.05, 0) is 6.42 Å². The van der Waals surface area contributed by atoms with Gasteiger partial charge in [0.15, 0.2) is 0 Å². The SMILES string of the molecule is C=CC(=O)OCC(CCN=C=O)(COC(=O)C=C)COC(=O)C=C. The van der Waals surface area contributed by atoms with Gasteiger partial charge in [0.2, 0.25) is 6.08 Å². The second-order valence-electron chi connectivity index (χ2n) is 4.66. The summed E-state index contributed by atoms with van der Waals surface area (Å²) in [5.41, 5.74) is -1.10. The first-order valence-electron chi connectivity index (χ1n) is 6.84. The summed E-state index contributed by atoms with van der Waals surface area (Å²) in [6.45, 7) is 9.07. The molecule has 0 rings (SSSR count). The molecule has 0 atom stereocenters. The van der Waals surface area contributed by atoms with Crippen LogP contribution in [0.2, 0.25) is 0 Å². The van der Waals surface area contributed by atoms with Crippen molar-refractivity contribution in [3.63, 3.8) is 0 Å². The van der Waals surface area contributed by atoms with Crippen molar-refractivity contribution in [3.8, 4) is 0 Å². The van der Waals surface area contributed by atoms with Crippen molar-refractivity contribution in [1.29, 1.82) is 0 Å². The topological polar surface area (TPSA) is 108 Å². The maximum atomic E-state index is 11.3. The summed E-state index contributed by atoms with van der Waals surface area (Å²) in [7, 11) is 0. The zero-order valence-corrected chi connectivity index (χ0v) is 13.2. The first-order valence-corrected chi connectivity index (χ1v) is 6.84. The van der Waals surface area contributed by atoms with Gasteiger partial charge in [0, 0.05) is 18.2 Å². The highest BCUT2D eigenvalue weighted by Crippen LogP contribution is 2.25. The summed E-state index contributed by atoms with van der Waals surface area (Å²) in [5.74, 6) is -2.12. The number of hydrogen-bond donors (Lipinski definition) is 0. The van der Waals surface area contributed by atoms with Gasteiger partial charge in [-0.15, -0.1) is 0 Å². The van der Waals surface area contributed by atoms with E-state index in [4.69, 9.17) is 14.2 Å². The molecule has 0 unspecified atom stereocenters. The molecule has 0 radical (unpaired) electrons. The largest absolute Gasteiger partial charge is 0.462 e. The van der Waals surface area contributed by atoms with Gasteiger partial charge in [-0.2, -0.15) is 0 Å². The summed E-state index contributed by atoms with van der Waals surface area (Å²) in [5, 5.41) is 0. The Kier molecular flexibility index (Phi) is 10.1. The van der Waals surface area contributed by atoms with Crippen LogP contribution in [0.4, 0.5) is 0 Å². The number of carbonyl (C=O) groups is 3. The highest BCUT2D eigenvalue weighted by atomic mass is 16.6. The molecule has 0 amide bonds. The molecule has 0 N–H and O–H groups in total. The number of nitrogens with zero attached hydrogens (tertiary/aromatic N) is 1. The molecule has 8 heteroatoms. The molecule has 0 aromatic heterocycles. The highest BCUT2D eigenvalue weighted by molar-refractivity contribution is 5.82. The number of isocyanates is 1. The minimum Gasteiger partial charge on any atom is -0.462 e. The third-order valence-electron chi connectivity index (χ3n) is 2.88. The van der Waals surface area contributed by atoms with Crippen LogP contribution >= 0.6 is 0 Å². The van der Waals surface area contributed by atoms with Crippen LogP contribution in [-0.2, 0) is 33.4 Å². The molecular weight excluding hydrogens is 318 g/mol. The lowest BCUT2D eigenvalue weighted by Gasteiger charge is -2.31. The van der Waals surface area contributed by atoms with Crippen LogP contribution in [0.3, 0.4) is 0 Å². The van der Waals surface area contributed by atoms with Crippen LogP contribution in [0.5, 0.6) is 0 Å². The average molecular weight is 337 g/mol. The van der Waals surface area contributed by atoms with E-state index >= 15 is 0 Å². The van der Waals surface area contributed by atoms with E-state index in [-0.39, 0.29) is 32.8 Å². The first-order chi connectivity index (χ1) is 11.4. The Morgan fingerprint density at radius 2 is 1.25 bits per heavy atom. The fourth-order valence-electron chi connectivity index (χ4n) is 1.53. The molecule has 0 heterocycles. The van der Waals surface area contributed by atoms with E-state index in [1.807, 2.05) is 0 Å². The van der Waals surface area contributed by atoms with Crippen molar-refractivity contribution in [3.05, 3.63) is 38.0 Å². The zero-order valence-electron chi connectivity index (χ0n) is 13.2. The van der Waals surface area contributed by atoms with Gasteiger partial charge >= 0.3 is 17.9 Å². The van der Waals surface area contributed by atoms with Gasteiger partial charge in [-0.3, -0.25) is 0 Å². The van der Waals surface area contributed by atoms with Gasteiger partial charge in [0.1, 0.15) is 19.8 Å². The quantitative estimate of drug-likeness (QED) is 0.171. The minimum atomic E-state index is -1.10. The van der Waals surface area contributed by atoms with E-state index in [0.717, 1.165) is 18.2 Å². The van der Waals surface area contributed by atoms with Crippen molar-refractivity contribution in [2.45, 2.75) is 6.42 Å². The molecule has 0 bridgehead atoms. The van der Waals surface area contributed by atoms with Crippen LogP contribution in [-0.4, -0.2) is 50.4 Å². The smallest absolute Gasteiger partial charge is 0.330 e. The van der Waals surface area contributed by atoms with Gasteiger partial charge in [0.25, 0.3) is 0 Å². The number of aliphatic imine (C=N–C) groups is 1. The van der Waals surface area contributed by atoms with Crippen LogP contribution < -0.4 is 0 Å². The second-order valence-corrected chi connectivity index (χ2v) is 4.66. The van der Waals surface area contributed by atoms with E-state index in [0.29, 0.717) is 0 Å². The highest BCUT2D eigenvalue weighted by Gasteiger charge is 2.35. The van der Waals surface area contributed by atoms with E-state index in [2.05, 4.69) is 24.7 Å². The molecule has 8 nitrogen and oxygen atoms in total. The number of hydrogen-bond acceptors (Lipinski definition) is 8. The molecular formula is C16H19NO7. The van der Waals surface area contributed by atoms with Crippen LogP contribution in [0, 0.1) is 5.41 Å². The number of rotatable bonds is 12. The molecule has 0 aliphatic heterocycles. The predicted octanol–water partition coefficient (Wildman–Crippen LogP) is 0.886.